The Hall–Kier alpha value is -4.89. The number of hydrogen-bond donors (Lipinski definition) is 7. The van der Waals surface area contributed by atoms with Crippen LogP contribution in [-0.2, 0) is 39.9 Å². The molecule has 0 heterocycles. The number of amides is 4. The molecule has 0 radical (unpaired) electrons. The van der Waals surface area contributed by atoms with Gasteiger partial charge in [0.15, 0.2) is 5.96 Å². The monoisotopic (exact) mass is 705 g/mol. The molecule has 16 heteroatoms. The van der Waals surface area contributed by atoms with Crippen LogP contribution in [0.1, 0.15) is 86.6 Å². The molecule has 0 spiro atoms. The van der Waals surface area contributed by atoms with E-state index in [0.29, 0.717) is 5.56 Å². The Bertz CT molecular complexity index is 1330. The highest BCUT2D eigenvalue weighted by molar-refractivity contribution is 5.96. The van der Waals surface area contributed by atoms with Crippen LogP contribution in [0.4, 0.5) is 4.79 Å². The summed E-state index contributed by atoms with van der Waals surface area (Å²) in [7, 11) is 0. The first-order chi connectivity index (χ1) is 23.1. The van der Waals surface area contributed by atoms with Crippen LogP contribution in [0.3, 0.4) is 0 Å². The van der Waals surface area contributed by atoms with Crippen molar-refractivity contribution in [3.05, 3.63) is 35.9 Å². The number of benzene rings is 1. The zero-order valence-corrected chi connectivity index (χ0v) is 30.3. The maximum atomic E-state index is 13.7. The summed E-state index contributed by atoms with van der Waals surface area (Å²) < 4.78 is 10.8. The normalized spacial score (nSPS) is 13.9. The van der Waals surface area contributed by atoms with Crippen molar-refractivity contribution < 1.29 is 43.3 Å². The molecule has 0 saturated heterocycles. The fourth-order valence-electron chi connectivity index (χ4n) is 4.54. The van der Waals surface area contributed by atoms with Crippen LogP contribution in [0.15, 0.2) is 35.3 Å². The maximum Gasteiger partial charge on any atom is 0.408 e. The van der Waals surface area contributed by atoms with Crippen molar-refractivity contribution in [2.24, 2.45) is 22.4 Å². The van der Waals surface area contributed by atoms with Crippen molar-refractivity contribution in [2.45, 2.75) is 123 Å². The quantitative estimate of drug-likeness (QED) is 0.0498. The van der Waals surface area contributed by atoms with Crippen LogP contribution in [0.5, 0.6) is 0 Å². The molecule has 0 fully saturated rings. The summed E-state index contributed by atoms with van der Waals surface area (Å²) in [6.07, 6.45) is -1.29. The lowest BCUT2D eigenvalue weighted by Crippen LogP contribution is -2.58. The molecule has 4 amide bonds. The first-order valence-electron chi connectivity index (χ1n) is 16.5. The molecular weight excluding hydrogens is 650 g/mol. The number of nitrogens with two attached hydrogens (primary N) is 2. The lowest BCUT2D eigenvalue weighted by molar-refractivity contribution is -0.159. The SMILES string of the molecule is CC(C)C[C@H](NC(=O)[C@H](CC(=O)O)NC(=O)[C@H](CCCN=C(N)N)NC(=O)[C@H](Cc1ccccc1)NC(=O)OC(C)(C)C)C(=O)OC(C)(C)C. The third-order valence-electron chi connectivity index (χ3n) is 6.59. The summed E-state index contributed by atoms with van der Waals surface area (Å²) in [5.41, 5.74) is 9.83. The Morgan fingerprint density at radius 2 is 1.28 bits per heavy atom. The standard InChI is InChI=1S/C34H55N7O9/c1-20(2)17-25(30(47)49-33(3,4)5)40-29(46)24(19-26(42)43)39-27(44)22(15-12-16-37-31(35)36)38-28(45)23(18-21-13-10-9-11-14-21)41-32(48)50-34(6,7)8/h9-11,13-14,20,22-25H,12,15-19H2,1-8H3,(H,38,45)(H,39,44)(H,40,46)(H,41,48)(H,42,43)(H4,35,36,37)/t22-,23-,24-,25-/m0/s1. The zero-order chi connectivity index (χ0) is 38.2. The summed E-state index contributed by atoms with van der Waals surface area (Å²) in [6.45, 7) is 13.8. The fourth-order valence-corrected chi connectivity index (χ4v) is 4.54. The number of rotatable bonds is 18. The number of guanidine groups is 1. The van der Waals surface area contributed by atoms with Gasteiger partial charge >= 0.3 is 18.0 Å². The number of carbonyl (C=O) groups is 6. The van der Waals surface area contributed by atoms with Crippen LogP contribution in [0, 0.1) is 5.92 Å². The molecule has 0 aliphatic rings. The van der Waals surface area contributed by atoms with Gasteiger partial charge in [-0.1, -0.05) is 44.2 Å². The van der Waals surface area contributed by atoms with Crippen LogP contribution in [0.25, 0.3) is 0 Å². The molecule has 4 atom stereocenters. The largest absolute Gasteiger partial charge is 0.481 e. The minimum Gasteiger partial charge on any atom is -0.481 e. The third kappa shape index (κ3) is 18.6. The van der Waals surface area contributed by atoms with Gasteiger partial charge in [-0.3, -0.25) is 24.2 Å². The molecule has 0 unspecified atom stereocenters. The van der Waals surface area contributed by atoms with E-state index in [0.717, 1.165) is 0 Å². The molecule has 0 aliphatic heterocycles. The van der Waals surface area contributed by atoms with Crippen molar-refractivity contribution in [3.63, 3.8) is 0 Å². The number of alkyl carbamates (subject to hydrolysis) is 1. The van der Waals surface area contributed by atoms with E-state index in [2.05, 4.69) is 26.3 Å². The topological polar surface area (TPSA) is 254 Å². The van der Waals surface area contributed by atoms with Gasteiger partial charge in [-0.15, -0.1) is 0 Å². The number of ether oxygens (including phenoxy) is 2. The van der Waals surface area contributed by atoms with Gasteiger partial charge in [-0.05, 0) is 72.3 Å². The number of carboxylic acid groups (broad SMARTS) is 1. The molecule has 280 valence electrons. The predicted octanol–water partition coefficient (Wildman–Crippen LogP) is 1.49. The van der Waals surface area contributed by atoms with E-state index in [4.69, 9.17) is 20.9 Å². The van der Waals surface area contributed by atoms with Gasteiger partial charge in [0.2, 0.25) is 17.7 Å². The smallest absolute Gasteiger partial charge is 0.408 e. The lowest BCUT2D eigenvalue weighted by Gasteiger charge is -2.28. The highest BCUT2D eigenvalue weighted by Gasteiger charge is 2.34. The highest BCUT2D eigenvalue weighted by Crippen LogP contribution is 2.14. The van der Waals surface area contributed by atoms with Gasteiger partial charge < -0.3 is 47.3 Å². The Labute approximate surface area is 293 Å². The second-order valence-electron chi connectivity index (χ2n) is 14.3. The predicted molar refractivity (Wildman–Crippen MR) is 187 cm³/mol. The summed E-state index contributed by atoms with van der Waals surface area (Å²) in [4.78, 5) is 82.1. The molecule has 0 bridgehead atoms. The Morgan fingerprint density at radius 1 is 0.760 bits per heavy atom. The van der Waals surface area contributed by atoms with E-state index in [1.165, 1.54) is 0 Å². The molecule has 1 aromatic carbocycles. The first kappa shape index (κ1) is 43.1. The molecule has 9 N–H and O–H groups in total. The molecular formula is C34H55N7O9. The summed E-state index contributed by atoms with van der Waals surface area (Å²) in [6, 6.07) is 3.57. The van der Waals surface area contributed by atoms with E-state index in [9.17, 15) is 33.9 Å². The van der Waals surface area contributed by atoms with Gasteiger partial charge in [-0.2, -0.15) is 0 Å². The summed E-state index contributed by atoms with van der Waals surface area (Å²) in [5.74, 6) is -4.92. The number of aliphatic imine (C=N–C) groups is 1. The average molecular weight is 706 g/mol. The zero-order valence-electron chi connectivity index (χ0n) is 30.3. The minimum absolute atomic E-state index is 0.0336. The number of nitrogens with zero attached hydrogens (tertiary/aromatic N) is 1. The Kier molecular flexibility index (Phi) is 17.2. The Balaban J connectivity index is 3.35. The van der Waals surface area contributed by atoms with Gasteiger partial charge in [0.25, 0.3) is 0 Å². The van der Waals surface area contributed by atoms with Gasteiger partial charge in [-0.25, -0.2) is 9.59 Å². The van der Waals surface area contributed by atoms with Crippen molar-refractivity contribution >= 4 is 41.7 Å². The second kappa shape index (κ2) is 19.9. The minimum atomic E-state index is -1.63. The molecule has 0 saturated carbocycles. The van der Waals surface area contributed by atoms with Crippen molar-refractivity contribution in [1.29, 1.82) is 0 Å². The molecule has 0 aliphatic carbocycles. The van der Waals surface area contributed by atoms with Crippen LogP contribution in [-0.4, -0.2) is 88.7 Å². The highest BCUT2D eigenvalue weighted by atomic mass is 16.6. The van der Waals surface area contributed by atoms with E-state index < -0.39 is 77.5 Å². The number of nitrogens with one attached hydrogen (secondary N) is 4. The maximum absolute atomic E-state index is 13.7. The van der Waals surface area contributed by atoms with Crippen molar-refractivity contribution in [1.82, 2.24) is 21.3 Å². The van der Waals surface area contributed by atoms with E-state index in [1.54, 1.807) is 71.9 Å². The second-order valence-corrected chi connectivity index (χ2v) is 14.3. The Morgan fingerprint density at radius 3 is 1.80 bits per heavy atom. The van der Waals surface area contributed by atoms with Crippen LogP contribution < -0.4 is 32.7 Å². The first-order valence-corrected chi connectivity index (χ1v) is 16.5. The van der Waals surface area contributed by atoms with E-state index in [1.807, 2.05) is 13.8 Å². The summed E-state index contributed by atoms with van der Waals surface area (Å²) in [5, 5.41) is 19.7. The average Bonchev–Trinajstić information content (AvgIpc) is 2.95. The molecule has 1 aromatic rings. The van der Waals surface area contributed by atoms with Crippen molar-refractivity contribution in [2.75, 3.05) is 6.54 Å². The van der Waals surface area contributed by atoms with E-state index in [-0.39, 0.29) is 44.1 Å². The van der Waals surface area contributed by atoms with Gasteiger partial charge in [0.1, 0.15) is 35.4 Å². The molecule has 16 nitrogen and oxygen atoms in total. The number of carbonyl (C=O) groups excluding carboxylic acids is 5. The number of hydrogen-bond acceptors (Lipinski definition) is 9. The molecule has 50 heavy (non-hydrogen) atoms. The van der Waals surface area contributed by atoms with Gasteiger partial charge in [0, 0.05) is 13.0 Å². The number of carboxylic acids is 1. The number of aliphatic carboxylic acids is 1. The molecule has 1 rings (SSSR count). The van der Waals surface area contributed by atoms with Crippen LogP contribution >= 0.6 is 0 Å². The van der Waals surface area contributed by atoms with Gasteiger partial charge in [0.05, 0.1) is 6.42 Å². The fraction of sp³-hybridized carbons (Fsp3) is 0.618. The third-order valence-corrected chi connectivity index (χ3v) is 6.59. The lowest BCUT2D eigenvalue weighted by atomic mass is 10.0. The summed E-state index contributed by atoms with van der Waals surface area (Å²) >= 11 is 0. The number of esters is 1. The van der Waals surface area contributed by atoms with Crippen LogP contribution in [0.2, 0.25) is 0 Å². The van der Waals surface area contributed by atoms with E-state index >= 15 is 0 Å². The van der Waals surface area contributed by atoms with Crippen molar-refractivity contribution in [3.8, 4) is 0 Å². The molecule has 0 aromatic heterocycles.